The first-order valence-electron chi connectivity index (χ1n) is 22.0. The van der Waals surface area contributed by atoms with Crippen LogP contribution in [-0.4, -0.2) is 5.71 Å². The summed E-state index contributed by atoms with van der Waals surface area (Å²) in [6.45, 7) is 2.29. The first-order valence-corrected chi connectivity index (χ1v) is 22.0. The SMILES string of the molecule is CCC1=C(c2cc(-c3ccccc3)cc(-c3ccc(-c4ccccc4)cc3)c2)C=C(c2cc(-c3ccccc3)cc(-c3ccc(-c4ccccc4)cc3)c2)N=C(c2ccccc2)C1. The highest BCUT2D eigenvalue weighted by atomic mass is 14.8. The summed E-state index contributed by atoms with van der Waals surface area (Å²) in [5, 5.41) is 0. The lowest BCUT2D eigenvalue weighted by Crippen LogP contribution is -2.03. The molecule has 0 amide bonds. The lowest BCUT2D eigenvalue weighted by Gasteiger charge is -2.16. The van der Waals surface area contributed by atoms with Gasteiger partial charge in [0.1, 0.15) is 0 Å². The van der Waals surface area contributed by atoms with Crippen LogP contribution in [0.4, 0.5) is 0 Å². The Morgan fingerprint density at radius 3 is 0.952 bits per heavy atom. The Balaban J connectivity index is 1.16. The zero-order valence-corrected chi connectivity index (χ0v) is 35.5. The van der Waals surface area contributed by atoms with Gasteiger partial charge in [-0.2, -0.15) is 0 Å². The molecular weight excluding hydrogens is 759 g/mol. The molecule has 1 nitrogen and oxygen atoms in total. The van der Waals surface area contributed by atoms with Crippen LogP contribution in [0.1, 0.15) is 36.5 Å². The molecule has 0 saturated heterocycles. The Bertz CT molecular complexity index is 3090. The first-order chi connectivity index (χ1) is 31.1. The predicted molar refractivity (Wildman–Crippen MR) is 268 cm³/mol. The zero-order chi connectivity index (χ0) is 42.4. The van der Waals surface area contributed by atoms with Crippen molar-refractivity contribution >= 4 is 17.0 Å². The van der Waals surface area contributed by atoms with Crippen molar-refractivity contribution in [1.29, 1.82) is 0 Å². The number of aliphatic imine (C=N–C) groups is 1. The van der Waals surface area contributed by atoms with Crippen molar-refractivity contribution in [2.75, 3.05) is 0 Å². The summed E-state index contributed by atoms with van der Waals surface area (Å²) in [4.78, 5) is 5.65. The third kappa shape index (κ3) is 8.69. The molecular formula is C62H47N. The molecule has 1 aliphatic heterocycles. The van der Waals surface area contributed by atoms with Gasteiger partial charge in [-0.3, -0.25) is 4.99 Å². The largest absolute Gasteiger partial charge is 0.252 e. The van der Waals surface area contributed by atoms with Gasteiger partial charge >= 0.3 is 0 Å². The normalized spacial score (nSPS) is 12.7. The Morgan fingerprint density at radius 1 is 0.302 bits per heavy atom. The summed E-state index contributed by atoms with van der Waals surface area (Å²) in [5.41, 5.74) is 22.3. The van der Waals surface area contributed by atoms with Gasteiger partial charge in [-0.1, -0.05) is 213 Å². The molecule has 0 spiro atoms. The van der Waals surface area contributed by atoms with E-state index in [0.717, 1.165) is 46.5 Å². The Hall–Kier alpha value is -7.87. The fraction of sp³-hybridized carbons (Fsp3) is 0.0484. The molecule has 63 heavy (non-hydrogen) atoms. The van der Waals surface area contributed by atoms with E-state index in [4.69, 9.17) is 4.99 Å². The van der Waals surface area contributed by atoms with E-state index >= 15 is 0 Å². The maximum absolute atomic E-state index is 5.65. The second-order valence-electron chi connectivity index (χ2n) is 16.2. The van der Waals surface area contributed by atoms with Crippen LogP contribution in [0.15, 0.2) is 253 Å². The third-order valence-corrected chi connectivity index (χ3v) is 12.2. The van der Waals surface area contributed by atoms with Crippen LogP contribution in [-0.2, 0) is 0 Å². The fourth-order valence-electron chi connectivity index (χ4n) is 8.76. The minimum absolute atomic E-state index is 0.749. The van der Waals surface area contributed by atoms with Gasteiger partial charge in [0.15, 0.2) is 0 Å². The smallest absolute Gasteiger partial charge is 0.0712 e. The standard InChI is InChI=1S/C62H47N/c1-2-44-42-61(53-26-16-7-17-27-53)63-62(59-40-56(48-24-14-6-15-25-48)37-57(41-59)52-34-30-50(31-35-52)46-20-10-4-11-21-46)43-60(44)58-38-54(47-22-12-5-13-23-47)36-55(39-58)51-32-28-49(29-33-51)45-18-8-3-9-19-45/h3-41,43H,2,42H2,1H3. The van der Waals surface area contributed by atoms with Gasteiger partial charge < -0.3 is 0 Å². The molecule has 0 bridgehead atoms. The van der Waals surface area contributed by atoms with Crippen LogP contribution in [0, 0.1) is 0 Å². The molecule has 0 fully saturated rings. The van der Waals surface area contributed by atoms with Crippen LogP contribution in [0.3, 0.4) is 0 Å². The molecule has 300 valence electrons. The molecule has 1 heterocycles. The number of rotatable bonds is 10. The van der Waals surface area contributed by atoms with E-state index in [9.17, 15) is 0 Å². The van der Waals surface area contributed by atoms with Crippen molar-refractivity contribution in [3.05, 3.63) is 265 Å². The highest BCUT2D eigenvalue weighted by molar-refractivity contribution is 6.08. The Labute approximate surface area is 371 Å². The Kier molecular flexibility index (Phi) is 11.2. The van der Waals surface area contributed by atoms with E-state index in [1.807, 2.05) is 0 Å². The van der Waals surface area contributed by atoms with Crippen LogP contribution in [0.5, 0.6) is 0 Å². The highest BCUT2D eigenvalue weighted by Gasteiger charge is 2.20. The van der Waals surface area contributed by atoms with Gasteiger partial charge in [0.2, 0.25) is 0 Å². The van der Waals surface area contributed by atoms with Crippen LogP contribution in [0.25, 0.3) is 78.0 Å². The summed E-state index contributed by atoms with van der Waals surface area (Å²) in [6.07, 6.45) is 4.01. The summed E-state index contributed by atoms with van der Waals surface area (Å²) in [5.74, 6) is 0. The van der Waals surface area contributed by atoms with Crippen LogP contribution < -0.4 is 0 Å². The second kappa shape index (κ2) is 18.0. The monoisotopic (exact) mass is 805 g/mol. The van der Waals surface area contributed by atoms with Gasteiger partial charge in [-0.25, -0.2) is 0 Å². The summed E-state index contributed by atoms with van der Waals surface area (Å²) in [6, 6.07) is 85.5. The van der Waals surface area contributed by atoms with E-state index in [-0.39, 0.29) is 0 Å². The average molecular weight is 806 g/mol. The molecule has 0 atom stereocenters. The van der Waals surface area contributed by atoms with E-state index < -0.39 is 0 Å². The lowest BCUT2D eigenvalue weighted by molar-refractivity contribution is 1.06. The van der Waals surface area contributed by atoms with Gasteiger partial charge in [0.05, 0.1) is 11.4 Å². The van der Waals surface area contributed by atoms with Gasteiger partial charge in [0, 0.05) is 12.0 Å². The molecule has 1 heteroatoms. The van der Waals surface area contributed by atoms with Crippen molar-refractivity contribution in [1.82, 2.24) is 0 Å². The number of hydrogen-bond donors (Lipinski definition) is 0. The number of hydrogen-bond acceptors (Lipinski definition) is 1. The maximum Gasteiger partial charge on any atom is 0.0712 e. The average Bonchev–Trinajstić information content (AvgIpc) is 3.58. The second-order valence-corrected chi connectivity index (χ2v) is 16.2. The van der Waals surface area contributed by atoms with Crippen molar-refractivity contribution in [3.8, 4) is 66.8 Å². The van der Waals surface area contributed by atoms with E-state index in [1.165, 1.54) is 72.3 Å². The van der Waals surface area contributed by atoms with Gasteiger partial charge in [-0.05, 0) is 132 Å². The van der Waals surface area contributed by atoms with Crippen LogP contribution in [0.2, 0.25) is 0 Å². The summed E-state index contributed by atoms with van der Waals surface area (Å²) >= 11 is 0. The van der Waals surface area contributed by atoms with E-state index in [1.54, 1.807) is 0 Å². The maximum atomic E-state index is 5.65. The number of benzene rings is 9. The molecule has 9 aromatic rings. The quantitative estimate of drug-likeness (QED) is 0.131. The van der Waals surface area contributed by atoms with E-state index in [2.05, 4.69) is 250 Å². The van der Waals surface area contributed by atoms with Crippen molar-refractivity contribution < 1.29 is 0 Å². The first kappa shape index (κ1) is 39.3. The molecule has 0 radical (unpaired) electrons. The van der Waals surface area contributed by atoms with Crippen LogP contribution >= 0.6 is 0 Å². The molecule has 0 N–H and O–H groups in total. The van der Waals surface area contributed by atoms with Crippen molar-refractivity contribution in [2.24, 2.45) is 4.99 Å². The molecule has 0 aliphatic carbocycles. The zero-order valence-electron chi connectivity index (χ0n) is 35.5. The molecule has 0 saturated carbocycles. The molecule has 0 unspecified atom stereocenters. The Morgan fingerprint density at radius 2 is 0.587 bits per heavy atom. The molecule has 10 rings (SSSR count). The van der Waals surface area contributed by atoms with Gasteiger partial charge in [0.25, 0.3) is 0 Å². The van der Waals surface area contributed by atoms with Gasteiger partial charge in [-0.15, -0.1) is 0 Å². The molecule has 0 aromatic heterocycles. The summed E-state index contributed by atoms with van der Waals surface area (Å²) < 4.78 is 0. The third-order valence-electron chi connectivity index (χ3n) is 12.2. The predicted octanol–water partition coefficient (Wildman–Crippen LogP) is 16.8. The number of nitrogens with zero attached hydrogens (tertiary/aromatic N) is 1. The minimum atomic E-state index is 0.749. The van der Waals surface area contributed by atoms with Crippen molar-refractivity contribution in [3.63, 3.8) is 0 Å². The fourth-order valence-corrected chi connectivity index (χ4v) is 8.76. The molecule has 9 aromatic carbocycles. The topological polar surface area (TPSA) is 12.4 Å². The minimum Gasteiger partial charge on any atom is -0.252 e. The summed E-state index contributed by atoms with van der Waals surface area (Å²) in [7, 11) is 0. The number of allylic oxidation sites excluding steroid dienone is 3. The van der Waals surface area contributed by atoms with E-state index in [0.29, 0.717) is 0 Å². The molecule has 1 aliphatic rings. The highest BCUT2D eigenvalue weighted by Crippen LogP contribution is 2.40. The lowest BCUT2D eigenvalue weighted by atomic mass is 9.88. The van der Waals surface area contributed by atoms with Crippen molar-refractivity contribution in [2.45, 2.75) is 19.8 Å².